The number of anilines is 4. The van der Waals surface area contributed by atoms with Crippen molar-refractivity contribution >= 4 is 40.5 Å². The molecule has 5 nitrogen and oxygen atoms in total. The first-order valence-electron chi connectivity index (χ1n) is 6.30. The summed E-state index contributed by atoms with van der Waals surface area (Å²) in [7, 11) is -2.94. The number of nitrogen functional groups attached to an aromatic ring is 4. The summed E-state index contributed by atoms with van der Waals surface area (Å²) in [6.45, 7) is 1.84. The standard InChI is InChI=1S/C14H19N4OP/c1-2-20(19,11-7-3-5-9(15)13(11)17)12-8-4-6-10(16)14(12)18/h3-8H,2,15-18H2,1H3. The van der Waals surface area contributed by atoms with E-state index in [2.05, 4.69) is 0 Å². The molecule has 0 aromatic heterocycles. The van der Waals surface area contributed by atoms with E-state index in [4.69, 9.17) is 22.9 Å². The summed E-state index contributed by atoms with van der Waals surface area (Å²) < 4.78 is 13.5. The van der Waals surface area contributed by atoms with Crippen molar-refractivity contribution in [2.75, 3.05) is 29.1 Å². The van der Waals surface area contributed by atoms with E-state index in [1.54, 1.807) is 36.4 Å². The molecule has 0 heterocycles. The van der Waals surface area contributed by atoms with Crippen LogP contribution in [-0.2, 0) is 4.57 Å². The Kier molecular flexibility index (Phi) is 3.64. The molecule has 2 aromatic carbocycles. The second kappa shape index (κ2) is 5.10. The van der Waals surface area contributed by atoms with Gasteiger partial charge in [0.2, 0.25) is 0 Å². The number of hydrogen-bond acceptors (Lipinski definition) is 5. The maximum Gasteiger partial charge on any atom is 0.147 e. The molecule has 0 saturated heterocycles. The average Bonchev–Trinajstić information content (AvgIpc) is 2.44. The van der Waals surface area contributed by atoms with Gasteiger partial charge in [0.25, 0.3) is 0 Å². The Hall–Kier alpha value is -2.13. The van der Waals surface area contributed by atoms with Crippen molar-refractivity contribution < 1.29 is 4.57 Å². The molecule has 0 spiro atoms. The number of nitrogens with two attached hydrogens (primary N) is 4. The lowest BCUT2D eigenvalue weighted by atomic mass is 10.3. The van der Waals surface area contributed by atoms with Gasteiger partial charge in [-0.3, -0.25) is 0 Å². The van der Waals surface area contributed by atoms with E-state index in [0.29, 0.717) is 39.5 Å². The topological polar surface area (TPSA) is 121 Å². The Morgan fingerprint density at radius 2 is 1.25 bits per heavy atom. The zero-order chi connectivity index (χ0) is 14.9. The lowest BCUT2D eigenvalue weighted by molar-refractivity contribution is 0.588. The van der Waals surface area contributed by atoms with Crippen LogP contribution in [0.15, 0.2) is 36.4 Å². The Morgan fingerprint density at radius 3 is 1.60 bits per heavy atom. The van der Waals surface area contributed by atoms with Gasteiger partial charge in [-0.15, -0.1) is 0 Å². The second-order valence-corrected chi connectivity index (χ2v) is 7.69. The first kappa shape index (κ1) is 14.3. The van der Waals surface area contributed by atoms with Crippen molar-refractivity contribution in [1.82, 2.24) is 0 Å². The summed E-state index contributed by atoms with van der Waals surface area (Å²) in [5, 5.41) is 1.08. The van der Waals surface area contributed by atoms with E-state index in [1.165, 1.54) is 0 Å². The molecular weight excluding hydrogens is 271 g/mol. The molecule has 2 rings (SSSR count). The Bertz CT molecular complexity index is 644. The summed E-state index contributed by atoms with van der Waals surface area (Å²) in [5.74, 6) is 0. The number of benzene rings is 2. The van der Waals surface area contributed by atoms with Crippen LogP contribution in [0, 0.1) is 0 Å². The van der Waals surface area contributed by atoms with Crippen LogP contribution in [0.2, 0.25) is 0 Å². The van der Waals surface area contributed by atoms with Crippen LogP contribution in [0.3, 0.4) is 0 Å². The zero-order valence-corrected chi connectivity index (χ0v) is 12.2. The average molecular weight is 290 g/mol. The number of rotatable bonds is 3. The third-order valence-corrected chi connectivity index (χ3v) is 6.68. The molecule has 20 heavy (non-hydrogen) atoms. The summed E-state index contributed by atoms with van der Waals surface area (Å²) >= 11 is 0. The third kappa shape index (κ3) is 2.10. The van der Waals surface area contributed by atoms with E-state index in [9.17, 15) is 4.57 Å². The Balaban J connectivity index is 2.75. The van der Waals surface area contributed by atoms with Crippen LogP contribution in [0.25, 0.3) is 0 Å². The van der Waals surface area contributed by atoms with Gasteiger partial charge in [0, 0.05) is 16.8 Å². The van der Waals surface area contributed by atoms with Crippen molar-refractivity contribution in [1.29, 1.82) is 0 Å². The van der Waals surface area contributed by atoms with E-state index in [-0.39, 0.29) is 0 Å². The fourth-order valence-corrected chi connectivity index (χ4v) is 4.87. The SMILES string of the molecule is CCP(=O)(c1cccc(N)c1N)c1cccc(N)c1N. The van der Waals surface area contributed by atoms with Crippen LogP contribution in [0.1, 0.15) is 6.92 Å². The van der Waals surface area contributed by atoms with Gasteiger partial charge < -0.3 is 27.5 Å². The van der Waals surface area contributed by atoms with Gasteiger partial charge in [-0.2, -0.15) is 0 Å². The molecule has 2 aromatic rings. The molecule has 6 heteroatoms. The van der Waals surface area contributed by atoms with Crippen LogP contribution in [0.5, 0.6) is 0 Å². The summed E-state index contributed by atoms with van der Waals surface area (Å²) in [4.78, 5) is 0. The van der Waals surface area contributed by atoms with Crippen molar-refractivity contribution in [3.63, 3.8) is 0 Å². The number of para-hydroxylation sites is 2. The van der Waals surface area contributed by atoms with Crippen LogP contribution in [-0.4, -0.2) is 6.16 Å². The molecule has 106 valence electrons. The van der Waals surface area contributed by atoms with Gasteiger partial charge in [-0.1, -0.05) is 19.1 Å². The molecule has 0 aliphatic carbocycles. The summed E-state index contributed by atoms with van der Waals surface area (Å²) in [6.07, 6.45) is 0.397. The highest BCUT2D eigenvalue weighted by atomic mass is 31.2. The molecule has 0 atom stereocenters. The maximum atomic E-state index is 13.5. The fourth-order valence-electron chi connectivity index (χ4n) is 2.24. The van der Waals surface area contributed by atoms with Crippen LogP contribution < -0.4 is 33.5 Å². The van der Waals surface area contributed by atoms with Gasteiger partial charge in [0.15, 0.2) is 0 Å². The van der Waals surface area contributed by atoms with Gasteiger partial charge >= 0.3 is 0 Å². The first-order chi connectivity index (χ1) is 9.41. The fraction of sp³-hybridized carbons (Fsp3) is 0.143. The summed E-state index contributed by atoms with van der Waals surface area (Å²) in [5.41, 5.74) is 25.2. The first-order valence-corrected chi connectivity index (χ1v) is 8.19. The molecule has 0 radical (unpaired) electrons. The van der Waals surface area contributed by atoms with Crippen LogP contribution >= 0.6 is 7.14 Å². The van der Waals surface area contributed by atoms with E-state index >= 15 is 0 Å². The van der Waals surface area contributed by atoms with Gasteiger partial charge in [-0.05, 0) is 24.3 Å². The Morgan fingerprint density at radius 1 is 0.850 bits per heavy atom. The molecule has 0 bridgehead atoms. The lowest BCUT2D eigenvalue weighted by Gasteiger charge is -2.22. The highest BCUT2D eigenvalue weighted by molar-refractivity contribution is 7.79. The van der Waals surface area contributed by atoms with Crippen molar-refractivity contribution in [3.05, 3.63) is 36.4 Å². The molecule has 0 unspecified atom stereocenters. The minimum Gasteiger partial charge on any atom is -0.397 e. The largest absolute Gasteiger partial charge is 0.397 e. The quantitative estimate of drug-likeness (QED) is 0.502. The molecule has 0 saturated carbocycles. The van der Waals surface area contributed by atoms with E-state index in [0.717, 1.165) is 0 Å². The maximum absolute atomic E-state index is 13.5. The van der Waals surface area contributed by atoms with E-state index < -0.39 is 7.14 Å². The highest BCUT2D eigenvalue weighted by Gasteiger charge is 2.30. The molecule has 0 fully saturated rings. The van der Waals surface area contributed by atoms with Crippen LogP contribution in [0.4, 0.5) is 22.7 Å². The second-order valence-electron chi connectivity index (χ2n) is 4.62. The minimum absolute atomic E-state index is 0.347. The molecular formula is C14H19N4OP. The van der Waals surface area contributed by atoms with Crippen molar-refractivity contribution in [2.24, 2.45) is 0 Å². The minimum atomic E-state index is -2.94. The third-order valence-electron chi connectivity index (χ3n) is 3.46. The highest BCUT2D eigenvalue weighted by Crippen LogP contribution is 2.47. The predicted molar refractivity (Wildman–Crippen MR) is 87.9 cm³/mol. The Labute approximate surface area is 118 Å². The predicted octanol–water partition coefficient (Wildman–Crippen LogP) is 1.35. The van der Waals surface area contributed by atoms with Crippen molar-refractivity contribution in [3.8, 4) is 0 Å². The molecule has 0 aliphatic heterocycles. The molecule has 8 N–H and O–H groups in total. The normalized spacial score (nSPS) is 11.4. The monoisotopic (exact) mass is 290 g/mol. The zero-order valence-electron chi connectivity index (χ0n) is 11.3. The van der Waals surface area contributed by atoms with Gasteiger partial charge in [0.1, 0.15) is 7.14 Å². The molecule has 0 amide bonds. The van der Waals surface area contributed by atoms with Gasteiger partial charge in [-0.25, -0.2) is 0 Å². The molecule has 0 aliphatic rings. The van der Waals surface area contributed by atoms with Gasteiger partial charge in [0.05, 0.1) is 22.7 Å². The number of hydrogen-bond donors (Lipinski definition) is 4. The van der Waals surface area contributed by atoms with Crippen molar-refractivity contribution in [2.45, 2.75) is 6.92 Å². The summed E-state index contributed by atoms with van der Waals surface area (Å²) in [6, 6.07) is 10.3. The smallest absolute Gasteiger partial charge is 0.147 e. The lowest BCUT2D eigenvalue weighted by Crippen LogP contribution is -2.24. The van der Waals surface area contributed by atoms with E-state index in [1.807, 2.05) is 6.92 Å².